The molecule has 0 spiro atoms. The molecule has 27 heavy (non-hydrogen) atoms. The maximum absolute atomic E-state index is 13.4. The number of aromatic amines is 1. The molecule has 0 amide bonds. The zero-order chi connectivity index (χ0) is 19.0. The lowest BCUT2D eigenvalue weighted by molar-refractivity contribution is 0.194. The van der Waals surface area contributed by atoms with E-state index < -0.39 is 0 Å². The molecule has 0 saturated carbocycles. The van der Waals surface area contributed by atoms with Crippen LogP contribution in [0.15, 0.2) is 53.3 Å². The summed E-state index contributed by atoms with van der Waals surface area (Å²) < 4.78 is 14.2. The van der Waals surface area contributed by atoms with Crippen LogP contribution in [0.4, 0.5) is 4.39 Å². The van der Waals surface area contributed by atoms with Gasteiger partial charge in [0.1, 0.15) is 10.4 Å². The molecule has 0 bridgehead atoms. The van der Waals surface area contributed by atoms with E-state index in [1.165, 1.54) is 17.8 Å². The quantitative estimate of drug-likeness (QED) is 0.543. The number of hydrogen-bond acceptors (Lipinski definition) is 2. The van der Waals surface area contributed by atoms with Gasteiger partial charge >= 0.3 is 0 Å². The first-order chi connectivity index (χ1) is 13.0. The van der Waals surface area contributed by atoms with Crippen molar-refractivity contribution >= 4 is 15.9 Å². The van der Waals surface area contributed by atoms with Crippen molar-refractivity contribution in [3.63, 3.8) is 0 Å². The van der Waals surface area contributed by atoms with E-state index in [0.717, 1.165) is 46.5 Å². The molecular formula is C22H23BrFN3. The molecule has 1 fully saturated rings. The van der Waals surface area contributed by atoms with Crippen molar-refractivity contribution in [3.8, 4) is 22.4 Å². The molecule has 3 nitrogen and oxygen atoms in total. The third-order valence-electron chi connectivity index (χ3n) is 5.52. The molecular weight excluding hydrogens is 405 g/mol. The molecule has 4 rings (SSSR count). The topological polar surface area (TPSA) is 31.9 Å². The molecule has 2 aromatic heterocycles. The second-order valence-electron chi connectivity index (χ2n) is 7.52. The van der Waals surface area contributed by atoms with Gasteiger partial charge in [-0.05, 0) is 95.5 Å². The fourth-order valence-electron chi connectivity index (χ4n) is 4.13. The fraction of sp³-hybridized carbons (Fsp3) is 0.318. The summed E-state index contributed by atoms with van der Waals surface area (Å²) in [6.07, 6.45) is 2.94. The second-order valence-corrected chi connectivity index (χ2v) is 8.33. The lowest BCUT2D eigenvalue weighted by Crippen LogP contribution is -2.35. The number of nitrogens with zero attached hydrogens (tertiary/aromatic N) is 2. The van der Waals surface area contributed by atoms with Gasteiger partial charge in [0, 0.05) is 29.9 Å². The molecule has 0 unspecified atom stereocenters. The zero-order valence-electron chi connectivity index (χ0n) is 15.5. The van der Waals surface area contributed by atoms with E-state index in [2.05, 4.69) is 50.8 Å². The number of pyridine rings is 1. The Bertz CT molecular complexity index is 935. The fourth-order valence-corrected chi connectivity index (χ4v) is 4.50. The highest BCUT2D eigenvalue weighted by Gasteiger charge is 2.28. The van der Waals surface area contributed by atoms with Crippen molar-refractivity contribution in [2.24, 2.45) is 5.92 Å². The summed E-state index contributed by atoms with van der Waals surface area (Å²) in [5.41, 5.74) is 5.52. The third kappa shape index (κ3) is 3.85. The number of H-pyrrole nitrogens is 1. The molecule has 1 saturated heterocycles. The van der Waals surface area contributed by atoms with Crippen molar-refractivity contribution < 1.29 is 4.39 Å². The first-order valence-electron chi connectivity index (χ1n) is 9.30. The van der Waals surface area contributed by atoms with Gasteiger partial charge in [0.05, 0.1) is 5.69 Å². The van der Waals surface area contributed by atoms with Crippen LogP contribution < -0.4 is 0 Å². The smallest absolute Gasteiger partial charge is 0.123 e. The number of halogens is 2. The van der Waals surface area contributed by atoms with Gasteiger partial charge in [-0.15, -0.1) is 0 Å². The molecule has 0 aliphatic carbocycles. The predicted octanol–water partition coefficient (Wildman–Crippen LogP) is 5.70. The second kappa shape index (κ2) is 7.56. The first kappa shape index (κ1) is 18.4. The molecule has 1 aromatic carbocycles. The maximum atomic E-state index is 13.4. The molecule has 1 aliphatic rings. The Balaban J connectivity index is 1.81. The number of benzene rings is 1. The number of nitrogens with one attached hydrogen (secondary N) is 1. The van der Waals surface area contributed by atoms with Gasteiger partial charge in [0.25, 0.3) is 0 Å². The van der Waals surface area contributed by atoms with E-state index in [1.54, 1.807) is 6.20 Å². The van der Waals surface area contributed by atoms with Gasteiger partial charge in [-0.2, -0.15) is 0 Å². The Morgan fingerprint density at radius 1 is 1.15 bits per heavy atom. The molecule has 1 aliphatic heterocycles. The Morgan fingerprint density at radius 3 is 2.63 bits per heavy atom. The number of rotatable bonds is 3. The monoisotopic (exact) mass is 427 g/mol. The van der Waals surface area contributed by atoms with Crippen LogP contribution in [0.5, 0.6) is 0 Å². The van der Waals surface area contributed by atoms with E-state index in [-0.39, 0.29) is 5.82 Å². The minimum atomic E-state index is -0.220. The maximum Gasteiger partial charge on any atom is 0.123 e. The minimum absolute atomic E-state index is 0.220. The first-order valence-corrected chi connectivity index (χ1v) is 10.1. The number of likely N-dealkylation sites (tertiary alicyclic amines) is 1. The van der Waals surface area contributed by atoms with Crippen LogP contribution in [0, 0.1) is 11.7 Å². The van der Waals surface area contributed by atoms with Crippen LogP contribution in [0.25, 0.3) is 22.4 Å². The summed E-state index contributed by atoms with van der Waals surface area (Å²) >= 11 is 3.47. The summed E-state index contributed by atoms with van der Waals surface area (Å²) in [5.74, 6) is 0.864. The molecule has 2 atom stereocenters. The van der Waals surface area contributed by atoms with E-state index in [0.29, 0.717) is 11.8 Å². The van der Waals surface area contributed by atoms with Crippen LogP contribution in [-0.4, -0.2) is 35.0 Å². The highest BCUT2D eigenvalue weighted by Crippen LogP contribution is 2.39. The van der Waals surface area contributed by atoms with E-state index in [9.17, 15) is 4.39 Å². The molecule has 1 N–H and O–H groups in total. The Kier molecular flexibility index (Phi) is 5.15. The minimum Gasteiger partial charge on any atom is -0.358 e. The molecule has 140 valence electrons. The van der Waals surface area contributed by atoms with E-state index >= 15 is 0 Å². The highest BCUT2D eigenvalue weighted by molar-refractivity contribution is 9.10. The standard InChI is InChI=1S/C22H23BrFN3/c1-14-13-27(2)10-8-18(14)20-12-19(16-7-9-25-21(23)11-16)22(26-20)15-3-5-17(24)6-4-15/h3-7,9,11-12,14,18,26H,8,10,13H2,1-2H3/t14-,18-/m0/s1. The van der Waals surface area contributed by atoms with Crippen LogP contribution in [-0.2, 0) is 0 Å². The molecule has 5 heteroatoms. The normalized spacial score (nSPS) is 20.7. The average molecular weight is 428 g/mol. The summed E-state index contributed by atoms with van der Waals surface area (Å²) in [7, 11) is 2.19. The Hall–Kier alpha value is -1.98. The molecule has 3 heterocycles. The Morgan fingerprint density at radius 2 is 1.93 bits per heavy atom. The molecule has 3 aromatic rings. The van der Waals surface area contributed by atoms with Gasteiger partial charge in [-0.1, -0.05) is 6.92 Å². The summed E-state index contributed by atoms with van der Waals surface area (Å²) in [6, 6.07) is 13.0. The van der Waals surface area contributed by atoms with Crippen LogP contribution in [0.1, 0.15) is 25.0 Å². The number of hydrogen-bond donors (Lipinski definition) is 1. The summed E-state index contributed by atoms with van der Waals surface area (Å²) in [5, 5.41) is 0. The lowest BCUT2D eigenvalue weighted by Gasteiger charge is -2.34. The van der Waals surface area contributed by atoms with Crippen molar-refractivity contribution in [2.45, 2.75) is 19.3 Å². The van der Waals surface area contributed by atoms with Crippen molar-refractivity contribution in [1.82, 2.24) is 14.9 Å². The average Bonchev–Trinajstić information content (AvgIpc) is 3.07. The predicted molar refractivity (Wildman–Crippen MR) is 111 cm³/mol. The summed E-state index contributed by atoms with van der Waals surface area (Å²) in [4.78, 5) is 10.3. The van der Waals surface area contributed by atoms with Gasteiger partial charge in [-0.25, -0.2) is 9.37 Å². The van der Waals surface area contributed by atoms with Gasteiger partial charge in [-0.3, -0.25) is 0 Å². The van der Waals surface area contributed by atoms with Crippen LogP contribution >= 0.6 is 15.9 Å². The molecule has 0 radical (unpaired) electrons. The van der Waals surface area contributed by atoms with Gasteiger partial charge < -0.3 is 9.88 Å². The van der Waals surface area contributed by atoms with Gasteiger partial charge in [0.15, 0.2) is 0 Å². The lowest BCUT2D eigenvalue weighted by atomic mass is 9.84. The number of aromatic nitrogens is 2. The van der Waals surface area contributed by atoms with Gasteiger partial charge in [0.2, 0.25) is 0 Å². The number of piperidine rings is 1. The largest absolute Gasteiger partial charge is 0.358 e. The van der Waals surface area contributed by atoms with E-state index in [1.807, 2.05) is 24.3 Å². The zero-order valence-corrected chi connectivity index (χ0v) is 17.1. The SMILES string of the molecule is C[C@H]1CN(C)CC[C@@H]1c1cc(-c2ccnc(Br)c2)c(-c2ccc(F)cc2)[nH]1. The van der Waals surface area contributed by atoms with Crippen LogP contribution in [0.2, 0.25) is 0 Å². The van der Waals surface area contributed by atoms with Crippen molar-refractivity contribution in [3.05, 3.63) is 64.8 Å². The third-order valence-corrected chi connectivity index (χ3v) is 5.95. The Labute approximate surface area is 167 Å². The van der Waals surface area contributed by atoms with E-state index in [4.69, 9.17) is 0 Å². The van der Waals surface area contributed by atoms with Crippen LogP contribution in [0.3, 0.4) is 0 Å². The summed E-state index contributed by atoms with van der Waals surface area (Å²) in [6.45, 7) is 4.53. The van der Waals surface area contributed by atoms with Crippen molar-refractivity contribution in [2.75, 3.05) is 20.1 Å². The highest BCUT2D eigenvalue weighted by atomic mass is 79.9. The van der Waals surface area contributed by atoms with Crippen molar-refractivity contribution in [1.29, 1.82) is 0 Å².